The minimum atomic E-state index is -0.204. The number of nitrogens with two attached hydrogens (primary N) is 1. The highest BCUT2D eigenvalue weighted by molar-refractivity contribution is 9.10. The smallest absolute Gasteiger partial charge is 0.259 e. The van der Waals surface area contributed by atoms with Crippen LogP contribution >= 0.6 is 39.1 Å². The van der Waals surface area contributed by atoms with Gasteiger partial charge in [0, 0.05) is 28.3 Å². The highest BCUT2D eigenvalue weighted by Gasteiger charge is 2.19. The predicted molar refractivity (Wildman–Crippen MR) is 91.3 cm³/mol. The summed E-state index contributed by atoms with van der Waals surface area (Å²) in [5.74, 6) is -0.204. The minimum absolute atomic E-state index is 0.204. The Labute approximate surface area is 141 Å². The molecule has 0 aliphatic carbocycles. The summed E-state index contributed by atoms with van der Waals surface area (Å²) in [6.07, 6.45) is 0. The molecule has 2 aromatic carbocycles. The summed E-state index contributed by atoms with van der Waals surface area (Å²) in [7, 11) is 0. The molecule has 6 heteroatoms. The van der Waals surface area contributed by atoms with Gasteiger partial charge in [0.05, 0.1) is 10.6 Å². The van der Waals surface area contributed by atoms with Crippen molar-refractivity contribution in [1.29, 1.82) is 0 Å². The number of halogens is 3. The third-order valence-electron chi connectivity index (χ3n) is 2.90. The molecule has 3 nitrogen and oxygen atoms in total. The zero-order valence-corrected chi connectivity index (χ0v) is 14.1. The van der Waals surface area contributed by atoms with Gasteiger partial charge in [-0.1, -0.05) is 39.1 Å². The number of nitrogens with zero attached hydrogens (tertiary/aromatic N) is 1. The molecule has 0 radical (unpaired) electrons. The largest absolute Gasteiger partial charge is 0.329 e. The van der Waals surface area contributed by atoms with Gasteiger partial charge in [-0.05, 0) is 42.5 Å². The normalized spacial score (nSPS) is 10.5. The van der Waals surface area contributed by atoms with E-state index in [-0.39, 0.29) is 5.91 Å². The molecule has 110 valence electrons. The average molecular weight is 388 g/mol. The van der Waals surface area contributed by atoms with Gasteiger partial charge in [0.25, 0.3) is 5.91 Å². The maximum atomic E-state index is 12.7. The molecule has 0 bridgehead atoms. The van der Waals surface area contributed by atoms with Crippen LogP contribution in [0.5, 0.6) is 0 Å². The molecule has 0 fully saturated rings. The maximum absolute atomic E-state index is 12.7. The van der Waals surface area contributed by atoms with Gasteiger partial charge in [-0.3, -0.25) is 4.79 Å². The van der Waals surface area contributed by atoms with Crippen molar-refractivity contribution in [3.05, 3.63) is 62.5 Å². The Hall–Kier alpha value is -1.07. The van der Waals surface area contributed by atoms with Crippen LogP contribution in [0.15, 0.2) is 46.9 Å². The van der Waals surface area contributed by atoms with E-state index in [4.69, 9.17) is 28.9 Å². The zero-order chi connectivity index (χ0) is 15.4. The Morgan fingerprint density at radius 2 is 1.81 bits per heavy atom. The van der Waals surface area contributed by atoms with E-state index in [9.17, 15) is 4.79 Å². The lowest BCUT2D eigenvalue weighted by molar-refractivity contribution is 0.0988. The van der Waals surface area contributed by atoms with E-state index in [0.29, 0.717) is 28.7 Å². The van der Waals surface area contributed by atoms with Gasteiger partial charge >= 0.3 is 0 Å². The third kappa shape index (κ3) is 3.98. The standard InChI is InChI=1S/C15H13BrCl2N2O/c16-10-1-4-12(5-2-10)20(8-7-19)15(21)13-6-3-11(17)9-14(13)18/h1-6,9H,7-8,19H2. The van der Waals surface area contributed by atoms with Gasteiger partial charge in [0.1, 0.15) is 0 Å². The van der Waals surface area contributed by atoms with Crippen LogP contribution in [-0.4, -0.2) is 19.0 Å². The van der Waals surface area contributed by atoms with Crippen LogP contribution in [0.25, 0.3) is 0 Å². The minimum Gasteiger partial charge on any atom is -0.329 e. The second-order valence-corrected chi connectivity index (χ2v) is 6.11. The van der Waals surface area contributed by atoms with E-state index in [1.54, 1.807) is 23.1 Å². The summed E-state index contributed by atoms with van der Waals surface area (Å²) >= 11 is 15.3. The van der Waals surface area contributed by atoms with Crippen LogP contribution in [0, 0.1) is 0 Å². The highest BCUT2D eigenvalue weighted by atomic mass is 79.9. The van der Waals surface area contributed by atoms with Crippen molar-refractivity contribution in [3.63, 3.8) is 0 Å². The number of carbonyl (C=O) groups excluding carboxylic acids is 1. The van der Waals surface area contributed by atoms with Gasteiger partial charge in [0.2, 0.25) is 0 Å². The molecule has 0 aromatic heterocycles. The molecule has 2 rings (SSSR count). The Morgan fingerprint density at radius 3 is 2.38 bits per heavy atom. The Morgan fingerprint density at radius 1 is 1.14 bits per heavy atom. The number of benzene rings is 2. The topological polar surface area (TPSA) is 46.3 Å². The van der Waals surface area contributed by atoms with Crippen LogP contribution < -0.4 is 10.6 Å². The van der Waals surface area contributed by atoms with Crippen molar-refractivity contribution in [1.82, 2.24) is 0 Å². The van der Waals surface area contributed by atoms with Gasteiger partial charge in [-0.2, -0.15) is 0 Å². The molecule has 0 saturated carbocycles. The first-order chi connectivity index (χ1) is 10.0. The summed E-state index contributed by atoms with van der Waals surface area (Å²) in [4.78, 5) is 14.3. The molecule has 2 aromatic rings. The molecule has 0 saturated heterocycles. The summed E-state index contributed by atoms with van der Waals surface area (Å²) in [6.45, 7) is 0.756. The van der Waals surface area contributed by atoms with Crippen molar-refractivity contribution in [2.24, 2.45) is 5.73 Å². The van der Waals surface area contributed by atoms with E-state index in [1.165, 1.54) is 0 Å². The number of anilines is 1. The fourth-order valence-electron chi connectivity index (χ4n) is 1.91. The molecular formula is C15H13BrCl2N2O. The lowest BCUT2D eigenvalue weighted by Gasteiger charge is -2.23. The summed E-state index contributed by atoms with van der Waals surface area (Å²) in [5, 5.41) is 0.817. The molecular weight excluding hydrogens is 375 g/mol. The molecule has 0 heterocycles. The lowest BCUT2D eigenvalue weighted by atomic mass is 10.1. The number of hydrogen-bond acceptors (Lipinski definition) is 2. The Bertz CT molecular complexity index is 647. The molecule has 0 atom stereocenters. The number of carbonyl (C=O) groups is 1. The average Bonchev–Trinajstić information content (AvgIpc) is 2.45. The highest BCUT2D eigenvalue weighted by Crippen LogP contribution is 2.25. The summed E-state index contributed by atoms with van der Waals surface area (Å²) < 4.78 is 0.941. The van der Waals surface area contributed by atoms with Gasteiger partial charge in [-0.25, -0.2) is 0 Å². The first-order valence-corrected chi connectivity index (χ1v) is 7.80. The monoisotopic (exact) mass is 386 g/mol. The lowest BCUT2D eigenvalue weighted by Crippen LogP contribution is -2.35. The van der Waals surface area contributed by atoms with E-state index < -0.39 is 0 Å². The zero-order valence-electron chi connectivity index (χ0n) is 11.0. The first-order valence-electron chi connectivity index (χ1n) is 6.25. The van der Waals surface area contributed by atoms with E-state index >= 15 is 0 Å². The first kappa shape index (κ1) is 16.3. The molecule has 21 heavy (non-hydrogen) atoms. The number of amides is 1. The molecule has 0 aliphatic rings. The van der Waals surface area contributed by atoms with Crippen LogP contribution in [0.1, 0.15) is 10.4 Å². The molecule has 0 unspecified atom stereocenters. The second kappa shape index (κ2) is 7.27. The summed E-state index contributed by atoms with van der Waals surface area (Å²) in [6, 6.07) is 12.3. The van der Waals surface area contributed by atoms with Crippen LogP contribution in [-0.2, 0) is 0 Å². The van der Waals surface area contributed by atoms with Gasteiger partial charge in [0.15, 0.2) is 0 Å². The Kier molecular flexibility index (Phi) is 5.65. The van der Waals surface area contributed by atoms with Crippen molar-refractivity contribution < 1.29 is 4.79 Å². The van der Waals surface area contributed by atoms with Crippen LogP contribution in [0.2, 0.25) is 10.0 Å². The van der Waals surface area contributed by atoms with Gasteiger partial charge in [-0.15, -0.1) is 0 Å². The number of hydrogen-bond donors (Lipinski definition) is 1. The van der Waals surface area contributed by atoms with E-state index in [0.717, 1.165) is 10.2 Å². The predicted octanol–water partition coefficient (Wildman–Crippen LogP) is 4.36. The van der Waals surface area contributed by atoms with Crippen LogP contribution in [0.3, 0.4) is 0 Å². The molecule has 2 N–H and O–H groups in total. The second-order valence-electron chi connectivity index (χ2n) is 4.35. The third-order valence-corrected chi connectivity index (χ3v) is 3.97. The molecule has 0 spiro atoms. The quantitative estimate of drug-likeness (QED) is 0.846. The SMILES string of the molecule is NCCN(C(=O)c1ccc(Cl)cc1Cl)c1ccc(Br)cc1. The van der Waals surface area contributed by atoms with E-state index in [2.05, 4.69) is 15.9 Å². The molecule has 1 amide bonds. The van der Waals surface area contributed by atoms with Crippen molar-refractivity contribution in [3.8, 4) is 0 Å². The van der Waals surface area contributed by atoms with Gasteiger partial charge < -0.3 is 10.6 Å². The fraction of sp³-hybridized carbons (Fsp3) is 0.133. The maximum Gasteiger partial charge on any atom is 0.259 e. The van der Waals surface area contributed by atoms with Crippen molar-refractivity contribution in [2.75, 3.05) is 18.0 Å². The summed E-state index contributed by atoms with van der Waals surface area (Å²) in [5.41, 5.74) is 6.78. The Balaban J connectivity index is 2.37. The van der Waals surface area contributed by atoms with Crippen molar-refractivity contribution in [2.45, 2.75) is 0 Å². The van der Waals surface area contributed by atoms with Crippen LogP contribution in [0.4, 0.5) is 5.69 Å². The van der Waals surface area contributed by atoms with E-state index in [1.807, 2.05) is 24.3 Å². The van der Waals surface area contributed by atoms with Crippen molar-refractivity contribution >= 4 is 50.7 Å². The molecule has 0 aliphatic heterocycles. The fourth-order valence-corrected chi connectivity index (χ4v) is 2.66. The number of rotatable bonds is 4.